The molecule has 39 heavy (non-hydrogen) atoms. The van der Waals surface area contributed by atoms with E-state index in [1.165, 1.54) is 6.07 Å². The van der Waals surface area contributed by atoms with E-state index in [1.807, 2.05) is 46.4 Å². The molecule has 1 aromatic heterocycles. The van der Waals surface area contributed by atoms with E-state index in [1.54, 1.807) is 17.0 Å². The quantitative estimate of drug-likeness (QED) is 0.576. The number of piperazine rings is 2. The molecule has 3 aliphatic rings. The van der Waals surface area contributed by atoms with E-state index < -0.39 is 11.4 Å². The molecule has 5 rings (SSSR count). The number of amides is 1. The Morgan fingerprint density at radius 3 is 1.92 bits per heavy atom. The molecule has 1 amide bonds. The molecule has 0 N–H and O–H groups in total. The number of rotatable bonds is 4. The number of benzene rings is 1. The molecule has 0 unspecified atom stereocenters. The summed E-state index contributed by atoms with van der Waals surface area (Å²) in [5.74, 6) is 0.254. The van der Waals surface area contributed by atoms with Crippen molar-refractivity contribution in [2.45, 2.75) is 26.4 Å². The van der Waals surface area contributed by atoms with Gasteiger partial charge in [0.2, 0.25) is 11.8 Å². The van der Waals surface area contributed by atoms with Gasteiger partial charge in [-0.05, 0) is 32.9 Å². The maximum atomic E-state index is 16.0. The lowest BCUT2D eigenvalue weighted by Gasteiger charge is -2.39. The van der Waals surface area contributed by atoms with E-state index in [4.69, 9.17) is 14.5 Å². The van der Waals surface area contributed by atoms with Gasteiger partial charge in [-0.2, -0.15) is 14.4 Å². The molecule has 0 aliphatic carbocycles. The monoisotopic (exact) mass is 545 g/mol. The Balaban J connectivity index is 1.35. The topological polar surface area (TPSA) is 77.5 Å². The van der Waals surface area contributed by atoms with Crippen LogP contribution in [0.3, 0.4) is 0 Å². The zero-order valence-corrected chi connectivity index (χ0v) is 22.9. The second kappa shape index (κ2) is 11.4. The number of carbonyl (C=O) groups is 1. The van der Waals surface area contributed by atoms with Gasteiger partial charge in [0.05, 0.1) is 18.9 Å². The lowest BCUT2D eigenvalue weighted by molar-refractivity contribution is 0.0240. The van der Waals surface area contributed by atoms with Crippen LogP contribution in [-0.4, -0.2) is 105 Å². The number of aromatic nitrogens is 2. The van der Waals surface area contributed by atoms with Crippen molar-refractivity contribution in [2.24, 2.45) is 0 Å². The highest BCUT2D eigenvalue weighted by molar-refractivity contribution is 5.69. The van der Waals surface area contributed by atoms with Gasteiger partial charge in [-0.1, -0.05) is 12.1 Å². The number of halogens is 2. The van der Waals surface area contributed by atoms with Crippen molar-refractivity contribution in [3.8, 4) is 0 Å². The van der Waals surface area contributed by atoms with Crippen LogP contribution in [0.5, 0.6) is 0 Å². The van der Waals surface area contributed by atoms with Gasteiger partial charge < -0.3 is 34.0 Å². The van der Waals surface area contributed by atoms with Gasteiger partial charge in [0, 0.05) is 65.4 Å². The summed E-state index contributed by atoms with van der Waals surface area (Å²) >= 11 is 0. The average Bonchev–Trinajstić information content (AvgIpc) is 2.93. The average molecular weight is 546 g/mol. The van der Waals surface area contributed by atoms with E-state index in [2.05, 4.69) is 4.98 Å². The van der Waals surface area contributed by atoms with Crippen LogP contribution in [0.2, 0.25) is 0 Å². The summed E-state index contributed by atoms with van der Waals surface area (Å²) < 4.78 is 41.3. The lowest BCUT2D eigenvalue weighted by atomic mass is 10.2. The normalized spacial score (nSPS) is 18.9. The third kappa shape index (κ3) is 6.26. The second-order valence-corrected chi connectivity index (χ2v) is 11.0. The zero-order valence-electron chi connectivity index (χ0n) is 22.9. The molecule has 0 atom stereocenters. The molecular weight excluding hydrogens is 508 g/mol. The summed E-state index contributed by atoms with van der Waals surface area (Å²) in [4.78, 5) is 31.4. The van der Waals surface area contributed by atoms with Crippen LogP contribution < -0.4 is 19.6 Å². The number of nitrogens with zero attached hydrogens (tertiary/aromatic N) is 7. The minimum absolute atomic E-state index is 0.238. The largest absolute Gasteiger partial charge is 0.444 e. The van der Waals surface area contributed by atoms with Crippen molar-refractivity contribution in [3.63, 3.8) is 0 Å². The van der Waals surface area contributed by atoms with Crippen LogP contribution >= 0.6 is 0 Å². The summed E-state index contributed by atoms with van der Waals surface area (Å²) in [6.07, 6.45) is -0.368. The van der Waals surface area contributed by atoms with Gasteiger partial charge >= 0.3 is 6.09 Å². The standard InChI is InChI=1S/C27H37F2N7O3/c1-27(2,3)39-26(37)36-14-10-33(11-15-36)23-22(29)24(34-16-18-38-19-17-34)31-25(30-23)35-12-8-32(9-13-35)21-7-5-4-6-20(21)28/h4-7H,8-19H2,1-3H3. The number of hydrogen-bond donors (Lipinski definition) is 0. The molecule has 1 aromatic carbocycles. The number of morpholine rings is 1. The molecule has 12 heteroatoms. The van der Waals surface area contributed by atoms with Crippen LogP contribution in [0.1, 0.15) is 20.8 Å². The van der Waals surface area contributed by atoms with Crippen molar-refractivity contribution in [2.75, 3.05) is 98.3 Å². The predicted molar refractivity (Wildman–Crippen MR) is 146 cm³/mol. The first-order valence-electron chi connectivity index (χ1n) is 13.6. The third-order valence-electron chi connectivity index (χ3n) is 7.10. The first-order valence-corrected chi connectivity index (χ1v) is 13.6. The van der Waals surface area contributed by atoms with Gasteiger partial charge in [-0.3, -0.25) is 0 Å². The van der Waals surface area contributed by atoms with E-state index in [9.17, 15) is 9.18 Å². The first kappa shape index (κ1) is 27.2. The summed E-state index contributed by atoms with van der Waals surface area (Å²) in [6.45, 7) is 11.6. The Labute approximate surface area is 228 Å². The molecule has 0 bridgehead atoms. The number of hydrogen-bond acceptors (Lipinski definition) is 9. The maximum Gasteiger partial charge on any atom is 0.410 e. The molecule has 4 heterocycles. The number of carbonyl (C=O) groups excluding carboxylic acids is 1. The van der Waals surface area contributed by atoms with Crippen molar-refractivity contribution < 1.29 is 23.0 Å². The van der Waals surface area contributed by atoms with Crippen LogP contribution in [0.15, 0.2) is 24.3 Å². The summed E-state index contributed by atoms with van der Waals surface area (Å²) in [6, 6.07) is 6.76. The van der Waals surface area contributed by atoms with Crippen molar-refractivity contribution in [1.29, 1.82) is 0 Å². The summed E-state index contributed by atoms with van der Waals surface area (Å²) in [5, 5.41) is 0. The molecule has 212 valence electrons. The van der Waals surface area contributed by atoms with Crippen LogP contribution in [0.4, 0.5) is 36.8 Å². The Morgan fingerprint density at radius 1 is 0.795 bits per heavy atom. The van der Waals surface area contributed by atoms with E-state index in [0.29, 0.717) is 90.3 Å². The minimum atomic E-state index is -0.578. The minimum Gasteiger partial charge on any atom is -0.444 e. The van der Waals surface area contributed by atoms with Gasteiger partial charge in [0.1, 0.15) is 11.4 Å². The summed E-state index contributed by atoms with van der Waals surface area (Å²) in [7, 11) is 0. The van der Waals surface area contributed by atoms with Crippen molar-refractivity contribution >= 4 is 29.4 Å². The summed E-state index contributed by atoms with van der Waals surface area (Å²) in [5.41, 5.74) is 0.000319. The van der Waals surface area contributed by atoms with E-state index >= 15 is 4.39 Å². The molecule has 0 saturated carbocycles. The van der Waals surface area contributed by atoms with Crippen molar-refractivity contribution in [1.82, 2.24) is 14.9 Å². The smallest absolute Gasteiger partial charge is 0.410 e. The molecule has 3 saturated heterocycles. The van der Waals surface area contributed by atoms with Crippen LogP contribution in [0.25, 0.3) is 0 Å². The molecular formula is C27H37F2N7O3. The molecule has 0 spiro atoms. The SMILES string of the molecule is CC(C)(C)OC(=O)N1CCN(c2nc(N3CCN(c4ccccc4F)CC3)nc(N3CCOCC3)c2F)CC1. The zero-order chi connectivity index (χ0) is 27.6. The second-order valence-electron chi connectivity index (χ2n) is 11.0. The van der Waals surface area contributed by atoms with Gasteiger partial charge in [-0.15, -0.1) is 0 Å². The molecule has 0 radical (unpaired) electrons. The lowest BCUT2D eigenvalue weighted by Crippen LogP contribution is -2.51. The fourth-order valence-electron chi connectivity index (χ4n) is 5.03. The maximum absolute atomic E-state index is 16.0. The van der Waals surface area contributed by atoms with Crippen LogP contribution in [-0.2, 0) is 9.47 Å². The first-order chi connectivity index (χ1) is 18.7. The van der Waals surface area contributed by atoms with E-state index in [0.717, 1.165) is 0 Å². The molecule has 3 fully saturated rings. The Hall–Kier alpha value is -3.41. The third-order valence-corrected chi connectivity index (χ3v) is 7.10. The van der Waals surface area contributed by atoms with Gasteiger partial charge in [0.15, 0.2) is 11.6 Å². The van der Waals surface area contributed by atoms with E-state index in [-0.39, 0.29) is 23.5 Å². The van der Waals surface area contributed by atoms with Gasteiger partial charge in [0.25, 0.3) is 0 Å². The predicted octanol–water partition coefficient (Wildman–Crippen LogP) is 2.98. The number of para-hydroxylation sites is 1. The van der Waals surface area contributed by atoms with Crippen LogP contribution in [0, 0.1) is 11.6 Å². The number of anilines is 4. The van der Waals surface area contributed by atoms with Crippen molar-refractivity contribution in [3.05, 3.63) is 35.9 Å². The number of ether oxygens (including phenoxy) is 2. The fourth-order valence-corrected chi connectivity index (χ4v) is 5.03. The highest BCUT2D eigenvalue weighted by atomic mass is 19.1. The highest BCUT2D eigenvalue weighted by Gasteiger charge is 2.31. The van der Waals surface area contributed by atoms with Gasteiger partial charge in [-0.25, -0.2) is 9.18 Å². The highest BCUT2D eigenvalue weighted by Crippen LogP contribution is 2.31. The Bertz CT molecular complexity index is 1160. The Morgan fingerprint density at radius 2 is 1.33 bits per heavy atom. The molecule has 2 aromatic rings. The molecule has 10 nitrogen and oxygen atoms in total. The molecule has 3 aliphatic heterocycles. The fraction of sp³-hybridized carbons (Fsp3) is 0.593. The Kier molecular flexibility index (Phi) is 7.92.